The van der Waals surface area contributed by atoms with Gasteiger partial charge in [-0.3, -0.25) is 4.79 Å². The highest BCUT2D eigenvalue weighted by Crippen LogP contribution is 2.29. The third kappa shape index (κ3) is 3.80. The van der Waals surface area contributed by atoms with Crippen molar-refractivity contribution in [1.29, 1.82) is 0 Å². The first-order valence-corrected chi connectivity index (χ1v) is 6.36. The Bertz CT molecular complexity index is 450. The van der Waals surface area contributed by atoms with E-state index in [1.54, 1.807) is 6.07 Å². The fourth-order valence-corrected chi connectivity index (χ4v) is 2.33. The van der Waals surface area contributed by atoms with E-state index < -0.39 is 11.7 Å². The summed E-state index contributed by atoms with van der Waals surface area (Å²) in [4.78, 5) is 12.0. The molecular weight excluding hydrogens is 255 g/mol. The molecule has 1 unspecified atom stereocenters. The van der Waals surface area contributed by atoms with Crippen molar-refractivity contribution in [3.05, 3.63) is 35.4 Å². The highest BCUT2D eigenvalue weighted by molar-refractivity contribution is 5.83. The summed E-state index contributed by atoms with van der Waals surface area (Å²) in [6, 6.07) is 5.01. The van der Waals surface area contributed by atoms with Crippen LogP contribution in [0.2, 0.25) is 0 Å². The van der Waals surface area contributed by atoms with Gasteiger partial charge in [0.15, 0.2) is 0 Å². The third-order valence-corrected chi connectivity index (χ3v) is 3.38. The molecule has 1 atom stereocenters. The molecule has 0 bridgehead atoms. The van der Waals surface area contributed by atoms with E-state index in [-0.39, 0.29) is 18.1 Å². The first kappa shape index (κ1) is 14.1. The van der Waals surface area contributed by atoms with Crippen molar-refractivity contribution in [3.8, 4) is 0 Å². The molecule has 0 saturated carbocycles. The van der Waals surface area contributed by atoms with Crippen molar-refractivity contribution in [3.63, 3.8) is 0 Å². The van der Waals surface area contributed by atoms with Gasteiger partial charge in [-0.2, -0.15) is 13.2 Å². The SMILES string of the molecule is O=C(Cc1cccc(C(F)(F)F)c1)C1CCCNC1. The molecule has 1 aromatic rings. The Morgan fingerprint density at radius 2 is 2.16 bits per heavy atom. The van der Waals surface area contributed by atoms with E-state index in [0.717, 1.165) is 31.5 Å². The first-order chi connectivity index (χ1) is 8.97. The summed E-state index contributed by atoms with van der Waals surface area (Å²) >= 11 is 0. The van der Waals surface area contributed by atoms with Crippen molar-refractivity contribution in [2.45, 2.75) is 25.4 Å². The van der Waals surface area contributed by atoms with Crippen LogP contribution in [-0.2, 0) is 17.4 Å². The van der Waals surface area contributed by atoms with Crippen LogP contribution in [0, 0.1) is 5.92 Å². The van der Waals surface area contributed by atoms with Gasteiger partial charge in [-0.15, -0.1) is 0 Å². The van der Waals surface area contributed by atoms with Crippen LogP contribution in [-0.4, -0.2) is 18.9 Å². The molecule has 0 spiro atoms. The Morgan fingerprint density at radius 3 is 2.79 bits per heavy atom. The van der Waals surface area contributed by atoms with E-state index in [1.165, 1.54) is 6.07 Å². The minimum atomic E-state index is -4.36. The summed E-state index contributed by atoms with van der Waals surface area (Å²) in [5, 5.41) is 3.14. The summed E-state index contributed by atoms with van der Waals surface area (Å²) in [6.07, 6.45) is -2.51. The Labute approximate surface area is 110 Å². The number of carbonyl (C=O) groups is 1. The third-order valence-electron chi connectivity index (χ3n) is 3.38. The predicted octanol–water partition coefficient (Wildman–Crippen LogP) is 2.82. The average Bonchev–Trinajstić information content (AvgIpc) is 2.39. The maximum atomic E-state index is 12.6. The smallest absolute Gasteiger partial charge is 0.316 e. The van der Waals surface area contributed by atoms with Gasteiger partial charge in [0.25, 0.3) is 0 Å². The molecule has 1 saturated heterocycles. The van der Waals surface area contributed by atoms with Crippen LogP contribution in [0.3, 0.4) is 0 Å². The van der Waals surface area contributed by atoms with Crippen molar-refractivity contribution in [2.75, 3.05) is 13.1 Å². The number of alkyl halides is 3. The number of halogens is 3. The molecule has 1 aliphatic heterocycles. The molecule has 104 valence electrons. The second kappa shape index (κ2) is 5.74. The molecule has 1 aliphatic rings. The summed E-state index contributed by atoms with van der Waals surface area (Å²) < 4.78 is 37.7. The fraction of sp³-hybridized carbons (Fsp3) is 0.500. The van der Waals surface area contributed by atoms with Crippen LogP contribution >= 0.6 is 0 Å². The van der Waals surface area contributed by atoms with Gasteiger partial charge >= 0.3 is 6.18 Å². The zero-order chi connectivity index (χ0) is 13.9. The standard InChI is InChI=1S/C14H16F3NO/c15-14(16,17)12-5-1-3-10(7-12)8-13(19)11-4-2-6-18-9-11/h1,3,5,7,11,18H,2,4,6,8-9H2. The zero-order valence-electron chi connectivity index (χ0n) is 10.5. The minimum absolute atomic E-state index is 0.0199. The molecule has 0 radical (unpaired) electrons. The van der Waals surface area contributed by atoms with Crippen LogP contribution in [0.15, 0.2) is 24.3 Å². The molecule has 2 nitrogen and oxygen atoms in total. The topological polar surface area (TPSA) is 29.1 Å². The van der Waals surface area contributed by atoms with Gasteiger partial charge in [0.2, 0.25) is 0 Å². The molecule has 5 heteroatoms. The van der Waals surface area contributed by atoms with E-state index in [4.69, 9.17) is 0 Å². The minimum Gasteiger partial charge on any atom is -0.316 e. The Balaban J connectivity index is 2.04. The van der Waals surface area contributed by atoms with Crippen LogP contribution in [0.1, 0.15) is 24.0 Å². The van der Waals surface area contributed by atoms with Crippen LogP contribution in [0.4, 0.5) is 13.2 Å². The number of hydrogen-bond acceptors (Lipinski definition) is 2. The number of benzene rings is 1. The monoisotopic (exact) mass is 271 g/mol. The van der Waals surface area contributed by atoms with Gasteiger partial charge in [-0.25, -0.2) is 0 Å². The highest BCUT2D eigenvalue weighted by atomic mass is 19.4. The van der Waals surface area contributed by atoms with Gasteiger partial charge in [0.05, 0.1) is 5.56 Å². The first-order valence-electron chi connectivity index (χ1n) is 6.36. The average molecular weight is 271 g/mol. The van der Waals surface area contributed by atoms with Crippen LogP contribution < -0.4 is 5.32 Å². The van der Waals surface area contributed by atoms with E-state index >= 15 is 0 Å². The second-order valence-electron chi connectivity index (χ2n) is 4.88. The molecule has 0 aliphatic carbocycles. The fourth-order valence-electron chi connectivity index (χ4n) is 2.33. The van der Waals surface area contributed by atoms with E-state index in [2.05, 4.69) is 5.32 Å². The van der Waals surface area contributed by atoms with E-state index in [9.17, 15) is 18.0 Å². The van der Waals surface area contributed by atoms with Gasteiger partial charge in [0, 0.05) is 18.9 Å². The molecule has 1 aromatic carbocycles. The number of piperidine rings is 1. The lowest BCUT2D eigenvalue weighted by molar-refractivity contribution is -0.137. The number of hydrogen-bond donors (Lipinski definition) is 1. The summed E-state index contributed by atoms with van der Waals surface area (Å²) in [5.41, 5.74) is -0.259. The van der Waals surface area contributed by atoms with Gasteiger partial charge in [-0.1, -0.05) is 18.2 Å². The molecule has 0 amide bonds. The molecule has 1 fully saturated rings. The number of Topliss-reactive ketones (excluding diaryl/α,β-unsaturated/α-hetero) is 1. The Kier molecular flexibility index (Phi) is 4.24. The van der Waals surface area contributed by atoms with Gasteiger partial charge in [-0.05, 0) is 31.0 Å². The van der Waals surface area contributed by atoms with Crippen molar-refractivity contribution >= 4 is 5.78 Å². The molecule has 19 heavy (non-hydrogen) atoms. The molecule has 1 heterocycles. The molecule has 2 rings (SSSR count). The van der Waals surface area contributed by atoms with Gasteiger partial charge in [0.1, 0.15) is 5.78 Å². The maximum absolute atomic E-state index is 12.6. The molecular formula is C14H16F3NO. The number of rotatable bonds is 3. The van der Waals surface area contributed by atoms with Crippen molar-refractivity contribution in [1.82, 2.24) is 5.32 Å². The van der Waals surface area contributed by atoms with Crippen molar-refractivity contribution < 1.29 is 18.0 Å². The summed E-state index contributed by atoms with van der Waals surface area (Å²) in [5.74, 6) is -0.0465. The number of nitrogens with one attached hydrogen (secondary N) is 1. The summed E-state index contributed by atoms with van der Waals surface area (Å²) in [7, 11) is 0. The maximum Gasteiger partial charge on any atom is 0.416 e. The quantitative estimate of drug-likeness (QED) is 0.916. The summed E-state index contributed by atoms with van der Waals surface area (Å²) in [6.45, 7) is 1.55. The van der Waals surface area contributed by atoms with Crippen LogP contribution in [0.5, 0.6) is 0 Å². The van der Waals surface area contributed by atoms with Gasteiger partial charge < -0.3 is 5.32 Å². The Morgan fingerprint density at radius 1 is 1.37 bits per heavy atom. The highest BCUT2D eigenvalue weighted by Gasteiger charge is 2.30. The number of carbonyl (C=O) groups excluding carboxylic acids is 1. The molecule has 0 aromatic heterocycles. The normalized spacial score (nSPS) is 20.3. The second-order valence-corrected chi connectivity index (χ2v) is 4.88. The Hall–Kier alpha value is -1.36. The molecule has 1 N–H and O–H groups in total. The lowest BCUT2D eigenvalue weighted by Crippen LogP contribution is -2.35. The number of ketones is 1. The van der Waals surface area contributed by atoms with Crippen LogP contribution in [0.25, 0.3) is 0 Å². The lowest BCUT2D eigenvalue weighted by atomic mass is 9.91. The predicted molar refractivity (Wildman–Crippen MR) is 65.7 cm³/mol. The lowest BCUT2D eigenvalue weighted by Gasteiger charge is -2.21. The van der Waals surface area contributed by atoms with E-state index in [1.807, 2.05) is 0 Å². The largest absolute Gasteiger partial charge is 0.416 e. The van der Waals surface area contributed by atoms with Crippen molar-refractivity contribution in [2.24, 2.45) is 5.92 Å². The zero-order valence-corrected chi connectivity index (χ0v) is 10.5. The van der Waals surface area contributed by atoms with E-state index in [0.29, 0.717) is 12.1 Å².